The summed E-state index contributed by atoms with van der Waals surface area (Å²) in [6.45, 7) is 2.75. The second-order valence-corrected chi connectivity index (χ2v) is 5.94. The van der Waals surface area contributed by atoms with Gasteiger partial charge in [-0.2, -0.15) is 5.10 Å². The molecule has 0 aliphatic heterocycles. The van der Waals surface area contributed by atoms with Crippen LogP contribution in [0.5, 0.6) is 5.75 Å². The van der Waals surface area contributed by atoms with Crippen LogP contribution < -0.4 is 15.6 Å². The smallest absolute Gasteiger partial charge is 0.271 e. The number of benzene rings is 2. The highest BCUT2D eigenvalue weighted by Gasteiger charge is 2.06. The SMILES string of the molecule is CCCCOc1ccc(C(=O)N/N=C\c2coc3ccccc3c2=O)cc1. The molecule has 138 valence electrons. The first-order valence-corrected chi connectivity index (χ1v) is 8.76. The summed E-state index contributed by atoms with van der Waals surface area (Å²) in [5.74, 6) is 0.341. The molecule has 0 atom stereocenters. The molecule has 0 saturated heterocycles. The Morgan fingerprint density at radius 2 is 1.96 bits per heavy atom. The third-order valence-electron chi connectivity index (χ3n) is 3.96. The molecule has 0 radical (unpaired) electrons. The number of nitrogens with one attached hydrogen (secondary N) is 1. The van der Waals surface area contributed by atoms with Crippen LogP contribution in [0.15, 0.2) is 69.1 Å². The second kappa shape index (κ2) is 8.80. The van der Waals surface area contributed by atoms with E-state index in [4.69, 9.17) is 9.15 Å². The molecule has 6 nitrogen and oxygen atoms in total. The van der Waals surface area contributed by atoms with E-state index < -0.39 is 0 Å². The maximum absolute atomic E-state index is 12.3. The molecule has 27 heavy (non-hydrogen) atoms. The van der Waals surface area contributed by atoms with Crippen LogP contribution in [0.2, 0.25) is 0 Å². The van der Waals surface area contributed by atoms with E-state index in [1.807, 2.05) is 0 Å². The van der Waals surface area contributed by atoms with Gasteiger partial charge in [0.25, 0.3) is 5.91 Å². The van der Waals surface area contributed by atoms with E-state index in [9.17, 15) is 9.59 Å². The highest BCUT2D eigenvalue weighted by molar-refractivity contribution is 5.95. The minimum atomic E-state index is -0.378. The van der Waals surface area contributed by atoms with Gasteiger partial charge in [0, 0.05) is 5.56 Å². The van der Waals surface area contributed by atoms with Crippen molar-refractivity contribution in [3.05, 3.63) is 76.1 Å². The number of nitrogens with zero attached hydrogens (tertiary/aromatic N) is 1. The van der Waals surface area contributed by atoms with Gasteiger partial charge in [0.2, 0.25) is 5.43 Å². The van der Waals surface area contributed by atoms with Crippen LogP contribution in [-0.4, -0.2) is 18.7 Å². The Balaban J connectivity index is 1.63. The number of amides is 1. The average Bonchev–Trinajstić information content (AvgIpc) is 2.70. The van der Waals surface area contributed by atoms with Gasteiger partial charge in [0.15, 0.2) is 0 Å². The van der Waals surface area contributed by atoms with Gasteiger partial charge in [-0.15, -0.1) is 0 Å². The molecule has 3 rings (SSSR count). The predicted octanol–water partition coefficient (Wildman–Crippen LogP) is 3.74. The van der Waals surface area contributed by atoms with Crippen LogP contribution in [0, 0.1) is 0 Å². The number of carbonyl (C=O) groups excluding carboxylic acids is 1. The van der Waals surface area contributed by atoms with Crippen molar-refractivity contribution in [3.8, 4) is 5.75 Å². The Kier molecular flexibility index (Phi) is 5.99. The Hall–Kier alpha value is -3.41. The number of hydrogen-bond donors (Lipinski definition) is 1. The number of para-hydroxylation sites is 1. The molecule has 0 spiro atoms. The zero-order chi connectivity index (χ0) is 19.1. The summed E-state index contributed by atoms with van der Waals surface area (Å²) in [7, 11) is 0. The molecule has 0 unspecified atom stereocenters. The van der Waals surface area contributed by atoms with Gasteiger partial charge in [-0.1, -0.05) is 25.5 Å². The number of carbonyl (C=O) groups is 1. The fraction of sp³-hybridized carbons (Fsp3) is 0.190. The summed E-state index contributed by atoms with van der Waals surface area (Å²) in [4.78, 5) is 24.5. The number of unbranched alkanes of at least 4 members (excludes halogenated alkanes) is 1. The lowest BCUT2D eigenvalue weighted by molar-refractivity contribution is 0.0955. The standard InChI is InChI=1S/C21H20N2O4/c1-2-3-12-26-17-10-8-15(9-11-17)21(25)23-22-13-16-14-27-19-7-5-4-6-18(19)20(16)24/h4-11,13-14H,2-3,12H2,1H3,(H,23,25)/b22-13-. The minimum absolute atomic E-state index is 0.205. The van der Waals surface area contributed by atoms with Crippen molar-refractivity contribution < 1.29 is 13.9 Å². The van der Waals surface area contributed by atoms with E-state index in [0.29, 0.717) is 23.1 Å². The van der Waals surface area contributed by atoms with E-state index >= 15 is 0 Å². The van der Waals surface area contributed by atoms with Gasteiger partial charge in [-0.25, -0.2) is 5.43 Å². The fourth-order valence-electron chi connectivity index (χ4n) is 2.44. The van der Waals surface area contributed by atoms with Crippen molar-refractivity contribution in [1.82, 2.24) is 5.43 Å². The molecule has 0 aliphatic carbocycles. The van der Waals surface area contributed by atoms with E-state index in [0.717, 1.165) is 18.6 Å². The van der Waals surface area contributed by atoms with Crippen LogP contribution in [0.4, 0.5) is 0 Å². The molecular formula is C21H20N2O4. The molecule has 0 aliphatic rings. The topological polar surface area (TPSA) is 80.9 Å². The Labute approximate surface area is 156 Å². The Bertz CT molecular complexity index is 1010. The zero-order valence-corrected chi connectivity index (χ0v) is 15.0. The van der Waals surface area contributed by atoms with Gasteiger partial charge >= 0.3 is 0 Å². The normalized spacial score (nSPS) is 11.0. The van der Waals surface area contributed by atoms with Gasteiger partial charge in [-0.3, -0.25) is 9.59 Å². The highest BCUT2D eigenvalue weighted by Crippen LogP contribution is 2.13. The highest BCUT2D eigenvalue weighted by atomic mass is 16.5. The number of hydrazone groups is 1. The van der Waals surface area contributed by atoms with E-state index in [1.54, 1.807) is 48.5 Å². The van der Waals surface area contributed by atoms with Gasteiger partial charge in [-0.05, 0) is 42.8 Å². The van der Waals surface area contributed by atoms with Crippen LogP contribution in [-0.2, 0) is 0 Å². The maximum atomic E-state index is 12.3. The monoisotopic (exact) mass is 364 g/mol. The Morgan fingerprint density at radius 3 is 2.74 bits per heavy atom. The third kappa shape index (κ3) is 4.61. The molecule has 2 aromatic carbocycles. The first-order chi connectivity index (χ1) is 13.2. The zero-order valence-electron chi connectivity index (χ0n) is 15.0. The molecule has 1 N–H and O–H groups in total. The quantitative estimate of drug-likeness (QED) is 0.393. The molecule has 0 bridgehead atoms. The lowest BCUT2D eigenvalue weighted by Gasteiger charge is -2.06. The van der Waals surface area contributed by atoms with Gasteiger partial charge in [0.05, 0.1) is 23.8 Å². The molecule has 0 saturated carbocycles. The summed E-state index contributed by atoms with van der Waals surface area (Å²) in [6, 6.07) is 13.8. The van der Waals surface area contributed by atoms with E-state index in [1.165, 1.54) is 12.5 Å². The summed E-state index contributed by atoms with van der Waals surface area (Å²) < 4.78 is 11.0. The van der Waals surface area contributed by atoms with Crippen molar-refractivity contribution in [3.63, 3.8) is 0 Å². The molecule has 6 heteroatoms. The molecule has 1 heterocycles. The summed E-state index contributed by atoms with van der Waals surface area (Å²) in [5, 5.41) is 4.32. The van der Waals surface area contributed by atoms with Crippen LogP contribution in [0.3, 0.4) is 0 Å². The number of rotatable bonds is 7. The van der Waals surface area contributed by atoms with Gasteiger partial charge in [0.1, 0.15) is 17.6 Å². The maximum Gasteiger partial charge on any atom is 0.271 e. The lowest BCUT2D eigenvalue weighted by atomic mass is 10.2. The van der Waals surface area contributed by atoms with Crippen molar-refractivity contribution >= 4 is 23.1 Å². The van der Waals surface area contributed by atoms with Crippen molar-refractivity contribution in [2.75, 3.05) is 6.61 Å². The number of ether oxygens (including phenoxy) is 1. The predicted molar refractivity (Wildman–Crippen MR) is 104 cm³/mol. The van der Waals surface area contributed by atoms with Gasteiger partial charge < -0.3 is 9.15 Å². The van der Waals surface area contributed by atoms with Crippen molar-refractivity contribution in [1.29, 1.82) is 0 Å². The fourth-order valence-corrected chi connectivity index (χ4v) is 2.44. The van der Waals surface area contributed by atoms with Crippen LogP contribution in [0.25, 0.3) is 11.0 Å². The number of fused-ring (bicyclic) bond motifs is 1. The van der Waals surface area contributed by atoms with Crippen LogP contribution >= 0.6 is 0 Å². The Morgan fingerprint density at radius 1 is 1.19 bits per heavy atom. The molecular weight excluding hydrogens is 344 g/mol. The molecule has 0 fully saturated rings. The lowest BCUT2D eigenvalue weighted by Crippen LogP contribution is -2.18. The first kappa shape index (κ1) is 18.4. The van der Waals surface area contributed by atoms with Crippen LogP contribution in [0.1, 0.15) is 35.7 Å². The molecule has 1 amide bonds. The molecule has 3 aromatic rings. The molecule has 1 aromatic heterocycles. The minimum Gasteiger partial charge on any atom is -0.494 e. The van der Waals surface area contributed by atoms with E-state index in [-0.39, 0.29) is 16.9 Å². The third-order valence-corrected chi connectivity index (χ3v) is 3.96. The summed E-state index contributed by atoms with van der Waals surface area (Å²) in [5.41, 5.74) is 3.41. The van der Waals surface area contributed by atoms with E-state index in [2.05, 4.69) is 17.5 Å². The van der Waals surface area contributed by atoms with Crippen molar-refractivity contribution in [2.24, 2.45) is 5.10 Å². The second-order valence-electron chi connectivity index (χ2n) is 5.94. The summed E-state index contributed by atoms with van der Waals surface area (Å²) in [6.07, 6.45) is 4.65. The first-order valence-electron chi connectivity index (χ1n) is 8.76. The largest absolute Gasteiger partial charge is 0.494 e. The average molecular weight is 364 g/mol. The number of hydrogen-bond acceptors (Lipinski definition) is 5. The summed E-state index contributed by atoms with van der Waals surface area (Å²) >= 11 is 0. The van der Waals surface area contributed by atoms with Crippen molar-refractivity contribution in [2.45, 2.75) is 19.8 Å².